The van der Waals surface area contributed by atoms with Crippen LogP contribution in [0.2, 0.25) is 0 Å². The Balaban J connectivity index is -0.000000180. The Kier molecular flexibility index (Phi) is 87.6. The van der Waals surface area contributed by atoms with Gasteiger partial charge in [0.2, 0.25) is 0 Å². The maximum atomic E-state index is 10.1. The third-order valence-corrected chi connectivity index (χ3v) is 11.9. The Morgan fingerprint density at radius 3 is 0.394 bits per heavy atom. The molecular formula is C56H108BaCdO8. The average molecular weight is 1160 g/mol. The van der Waals surface area contributed by atoms with Crippen LogP contribution in [0.25, 0.3) is 0 Å². The minimum absolute atomic E-state index is 0. The minimum atomic E-state index is -0.907. The van der Waals surface area contributed by atoms with E-state index in [1.54, 1.807) is 0 Å². The van der Waals surface area contributed by atoms with Gasteiger partial charge < -0.3 is 39.6 Å². The summed E-state index contributed by atoms with van der Waals surface area (Å²) in [5.41, 5.74) is 0. The second kappa shape index (κ2) is 74.3. The SMILES string of the molecule is CCCCCCCCCCCCCC(=O)[O-].CCCCCCCCCCCCCC(=O)[O-].CCCCCCCCCCCCCC(=O)[O-].CCCCCCCCCCCCCC(=O)[O-].[Ba+2].[Cd+2]. The third-order valence-electron chi connectivity index (χ3n) is 11.9. The summed E-state index contributed by atoms with van der Waals surface area (Å²) in [5, 5.41) is 40.6. The molecule has 8 nitrogen and oxygen atoms in total. The Morgan fingerprint density at radius 2 is 0.303 bits per heavy atom. The molecule has 0 aliphatic carbocycles. The first-order valence-electron chi connectivity index (χ1n) is 27.9. The average Bonchev–Trinajstić information content (AvgIpc) is 3.26. The molecule has 0 aromatic carbocycles. The summed E-state index contributed by atoms with van der Waals surface area (Å²) in [6.45, 7) is 8.97. The number of carboxylic acids is 4. The Morgan fingerprint density at radius 1 is 0.212 bits per heavy atom. The zero-order valence-corrected chi connectivity index (χ0v) is 53.1. The normalized spacial score (nSPS) is 10.2. The molecular weight excluding hydrogens is 1050 g/mol. The van der Waals surface area contributed by atoms with Gasteiger partial charge in [0.1, 0.15) is 0 Å². The summed E-state index contributed by atoms with van der Waals surface area (Å²) in [6.07, 6.45) is 56.1. The van der Waals surface area contributed by atoms with Crippen LogP contribution in [0.5, 0.6) is 0 Å². The second-order valence-corrected chi connectivity index (χ2v) is 18.6. The van der Waals surface area contributed by atoms with Crippen molar-refractivity contribution >= 4 is 72.8 Å². The molecule has 384 valence electrons. The quantitative estimate of drug-likeness (QED) is 0.0430. The van der Waals surface area contributed by atoms with Crippen molar-refractivity contribution in [2.75, 3.05) is 0 Å². The first kappa shape index (κ1) is 77.8. The Hall–Kier alpha value is 0.374. The molecule has 0 aromatic rings. The van der Waals surface area contributed by atoms with Crippen LogP contribution in [0.4, 0.5) is 0 Å². The molecule has 0 amide bonds. The van der Waals surface area contributed by atoms with E-state index in [1.165, 1.54) is 231 Å². The van der Waals surface area contributed by atoms with E-state index in [2.05, 4.69) is 27.7 Å². The van der Waals surface area contributed by atoms with Gasteiger partial charge in [0.15, 0.2) is 0 Å². The molecule has 0 aliphatic rings. The van der Waals surface area contributed by atoms with Gasteiger partial charge in [-0.25, -0.2) is 0 Å². The summed E-state index contributed by atoms with van der Waals surface area (Å²) < 4.78 is 0. The van der Waals surface area contributed by atoms with Crippen molar-refractivity contribution in [3.63, 3.8) is 0 Å². The van der Waals surface area contributed by atoms with Gasteiger partial charge in [-0.3, -0.25) is 0 Å². The van der Waals surface area contributed by atoms with Crippen LogP contribution in [0, 0.1) is 0 Å². The largest absolute Gasteiger partial charge is 2.00 e. The van der Waals surface area contributed by atoms with E-state index in [-0.39, 0.29) is 102 Å². The van der Waals surface area contributed by atoms with E-state index >= 15 is 0 Å². The number of unbranched alkanes of at least 4 members (excludes halogenated alkanes) is 40. The molecule has 0 heterocycles. The maximum Gasteiger partial charge on any atom is 2.00 e. The number of hydrogen-bond donors (Lipinski definition) is 0. The molecule has 66 heavy (non-hydrogen) atoms. The predicted molar refractivity (Wildman–Crippen MR) is 270 cm³/mol. The van der Waals surface area contributed by atoms with Crippen molar-refractivity contribution in [1.29, 1.82) is 0 Å². The molecule has 0 spiro atoms. The van der Waals surface area contributed by atoms with Gasteiger partial charge in [0, 0.05) is 23.9 Å². The van der Waals surface area contributed by atoms with Crippen LogP contribution in [0.15, 0.2) is 0 Å². The molecule has 0 saturated carbocycles. The predicted octanol–water partition coefficient (Wildman–Crippen LogP) is 13.4. The molecule has 0 unspecified atom stereocenters. The van der Waals surface area contributed by atoms with E-state index < -0.39 is 23.9 Å². The van der Waals surface area contributed by atoms with Crippen molar-refractivity contribution in [3.8, 4) is 0 Å². The Bertz CT molecular complexity index is 778. The summed E-state index contributed by atoms with van der Waals surface area (Å²) in [5.74, 6) is -3.63. The van der Waals surface area contributed by atoms with Gasteiger partial charge in [-0.1, -0.05) is 285 Å². The fraction of sp³-hybridized carbons (Fsp3) is 0.929. The zero-order valence-electron chi connectivity index (χ0n) is 44.6. The zero-order chi connectivity index (χ0) is 48.3. The summed E-state index contributed by atoms with van der Waals surface area (Å²) >= 11 is 0. The number of carbonyl (C=O) groups excluding carboxylic acids is 4. The molecule has 0 saturated heterocycles. The van der Waals surface area contributed by atoms with Crippen LogP contribution in [-0.4, -0.2) is 72.8 Å². The molecule has 10 heteroatoms. The number of aliphatic carboxylic acids is 4. The molecule has 0 aliphatic heterocycles. The first-order valence-corrected chi connectivity index (χ1v) is 27.9. The number of rotatable bonds is 48. The fourth-order valence-electron chi connectivity index (χ4n) is 7.73. The standard InChI is InChI=1S/4C14H28O2.Ba.Cd/c4*1-2-3-4-5-6-7-8-9-10-11-12-13-14(15)16;;/h4*2-13H2,1H3,(H,15,16);;/q;;;;2*+2/p-4. The smallest absolute Gasteiger partial charge is 0.550 e. The minimum Gasteiger partial charge on any atom is -0.550 e. The monoisotopic (exact) mass is 1160 g/mol. The molecule has 0 N–H and O–H groups in total. The van der Waals surface area contributed by atoms with Gasteiger partial charge in [-0.15, -0.1) is 0 Å². The van der Waals surface area contributed by atoms with E-state index in [1.807, 2.05) is 0 Å². The second-order valence-electron chi connectivity index (χ2n) is 18.6. The molecule has 0 rings (SSSR count). The Labute approximate surface area is 471 Å². The molecule has 0 atom stereocenters. The summed E-state index contributed by atoms with van der Waals surface area (Å²) in [6, 6.07) is 0. The van der Waals surface area contributed by atoms with Crippen molar-refractivity contribution in [2.45, 2.75) is 336 Å². The number of carboxylic acid groups (broad SMARTS) is 4. The van der Waals surface area contributed by atoms with E-state index in [0.717, 1.165) is 51.4 Å². The van der Waals surface area contributed by atoms with Gasteiger partial charge in [0.25, 0.3) is 0 Å². The van der Waals surface area contributed by atoms with Crippen LogP contribution < -0.4 is 20.4 Å². The van der Waals surface area contributed by atoms with Gasteiger partial charge in [-0.2, -0.15) is 0 Å². The van der Waals surface area contributed by atoms with E-state index in [0.29, 0.717) is 0 Å². The van der Waals surface area contributed by atoms with Crippen LogP contribution in [-0.2, 0) is 46.5 Å². The van der Waals surface area contributed by atoms with E-state index in [4.69, 9.17) is 0 Å². The van der Waals surface area contributed by atoms with Gasteiger partial charge >= 0.3 is 76.2 Å². The fourth-order valence-corrected chi connectivity index (χ4v) is 7.73. The van der Waals surface area contributed by atoms with Crippen molar-refractivity contribution in [3.05, 3.63) is 0 Å². The topological polar surface area (TPSA) is 161 Å². The summed E-state index contributed by atoms with van der Waals surface area (Å²) in [4.78, 5) is 40.6. The van der Waals surface area contributed by atoms with Crippen LogP contribution in [0.1, 0.15) is 336 Å². The molecule has 0 aromatic heterocycles. The number of carbonyl (C=O) groups is 4. The van der Waals surface area contributed by atoms with Crippen molar-refractivity contribution < 1.29 is 66.9 Å². The van der Waals surface area contributed by atoms with E-state index in [9.17, 15) is 39.6 Å². The maximum absolute atomic E-state index is 10.1. The van der Waals surface area contributed by atoms with Crippen LogP contribution >= 0.6 is 0 Å². The molecule has 0 radical (unpaired) electrons. The third kappa shape index (κ3) is 94.3. The first-order chi connectivity index (χ1) is 31.1. The van der Waals surface area contributed by atoms with Crippen molar-refractivity contribution in [2.24, 2.45) is 0 Å². The summed E-state index contributed by atoms with van der Waals surface area (Å²) in [7, 11) is 0. The van der Waals surface area contributed by atoms with Gasteiger partial charge in [-0.05, 0) is 51.4 Å². The van der Waals surface area contributed by atoms with Crippen LogP contribution in [0.3, 0.4) is 0 Å². The number of hydrogen-bond acceptors (Lipinski definition) is 8. The molecule has 0 fully saturated rings. The molecule has 0 bridgehead atoms. The van der Waals surface area contributed by atoms with Crippen molar-refractivity contribution in [1.82, 2.24) is 0 Å². The van der Waals surface area contributed by atoms with Gasteiger partial charge in [0.05, 0.1) is 0 Å².